The molecule has 104 valence electrons. The van der Waals surface area contributed by atoms with Crippen molar-refractivity contribution >= 4 is 20.5 Å². The predicted molar refractivity (Wildman–Crippen MR) is 70.2 cm³/mol. The van der Waals surface area contributed by atoms with E-state index in [1.165, 1.54) is 0 Å². The topological polar surface area (TPSA) is 77.3 Å². The molecule has 0 saturated carbocycles. The van der Waals surface area contributed by atoms with Crippen LogP contribution < -0.4 is 0 Å². The molecule has 0 atom stereocenters. The Labute approximate surface area is 109 Å². The molecule has 0 fully saturated rings. The van der Waals surface area contributed by atoms with Crippen molar-refractivity contribution in [3.63, 3.8) is 0 Å². The van der Waals surface area contributed by atoms with Crippen molar-refractivity contribution < 1.29 is 18.8 Å². The Morgan fingerprint density at radius 1 is 1.00 bits per heavy atom. The van der Waals surface area contributed by atoms with Crippen molar-refractivity contribution in [2.75, 3.05) is 6.61 Å². The van der Waals surface area contributed by atoms with Gasteiger partial charge < -0.3 is 9.16 Å². The molecule has 0 aromatic heterocycles. The van der Waals surface area contributed by atoms with Crippen molar-refractivity contribution in [2.24, 2.45) is 10.2 Å². The molecule has 7 heteroatoms. The molecular formula is C11H22N2O4Si. The summed E-state index contributed by atoms with van der Waals surface area (Å²) >= 11 is 0. The number of amides is 2. The summed E-state index contributed by atoms with van der Waals surface area (Å²) in [6, 6.07) is 0. The second-order valence-corrected chi connectivity index (χ2v) is 9.28. The molecule has 0 radical (unpaired) electrons. The number of unbranched alkanes of at least 4 members (excludes halogenated alkanes) is 3. The maximum atomic E-state index is 11.1. The van der Waals surface area contributed by atoms with Crippen molar-refractivity contribution in [3.05, 3.63) is 0 Å². The molecule has 0 saturated heterocycles. The second kappa shape index (κ2) is 8.79. The Morgan fingerprint density at radius 3 is 2.17 bits per heavy atom. The Morgan fingerprint density at radius 2 is 1.61 bits per heavy atom. The number of hydrogen-bond acceptors (Lipinski definition) is 4. The average Bonchev–Trinajstić information content (AvgIpc) is 2.24. The van der Waals surface area contributed by atoms with Crippen LogP contribution in [0.1, 0.15) is 32.6 Å². The number of carbonyl (C=O) groups is 2. The van der Waals surface area contributed by atoms with E-state index in [-0.39, 0.29) is 0 Å². The standard InChI is InChI=1S/C11H22N2O4Si/c1-5-6-7-8-9-16-10(14)12-13-11(15)17-18(2,3)4/h5-9H2,1-4H3. The van der Waals surface area contributed by atoms with Crippen LogP contribution in [0.3, 0.4) is 0 Å². The highest BCUT2D eigenvalue weighted by Crippen LogP contribution is 2.04. The van der Waals surface area contributed by atoms with Gasteiger partial charge in [-0.1, -0.05) is 36.4 Å². The van der Waals surface area contributed by atoms with Gasteiger partial charge in [0.05, 0.1) is 6.61 Å². The summed E-state index contributed by atoms with van der Waals surface area (Å²) in [5.41, 5.74) is 0. The van der Waals surface area contributed by atoms with E-state index in [0.717, 1.165) is 25.7 Å². The number of nitrogens with zero attached hydrogens (tertiary/aromatic N) is 2. The van der Waals surface area contributed by atoms with Crippen LogP contribution >= 0.6 is 0 Å². The number of ether oxygens (including phenoxy) is 1. The summed E-state index contributed by atoms with van der Waals surface area (Å²) in [6.45, 7) is 7.93. The maximum Gasteiger partial charge on any atom is 0.452 e. The number of carbonyl (C=O) groups excluding carboxylic acids is 2. The Hall–Kier alpha value is -1.24. The fourth-order valence-corrected chi connectivity index (χ4v) is 1.65. The third-order valence-electron chi connectivity index (χ3n) is 1.83. The molecule has 6 nitrogen and oxygen atoms in total. The van der Waals surface area contributed by atoms with Gasteiger partial charge in [0.25, 0.3) is 0 Å². The fraction of sp³-hybridized carbons (Fsp3) is 0.818. The Kier molecular flexibility index (Phi) is 8.18. The predicted octanol–water partition coefficient (Wildman–Crippen LogP) is 4.13. The third kappa shape index (κ3) is 11.2. The molecule has 0 rings (SSSR count). The van der Waals surface area contributed by atoms with Crippen molar-refractivity contribution in [1.82, 2.24) is 0 Å². The molecule has 0 N–H and O–H groups in total. The molecule has 0 aliphatic heterocycles. The van der Waals surface area contributed by atoms with Crippen LogP contribution in [0.15, 0.2) is 10.2 Å². The monoisotopic (exact) mass is 274 g/mol. The first-order valence-electron chi connectivity index (χ1n) is 6.16. The number of rotatable bonds is 6. The largest absolute Gasteiger partial charge is 0.502 e. The zero-order chi connectivity index (χ0) is 14.0. The molecule has 0 spiro atoms. The van der Waals surface area contributed by atoms with Crippen LogP contribution in [0.2, 0.25) is 19.6 Å². The van der Waals surface area contributed by atoms with Crippen LogP contribution in [0.25, 0.3) is 0 Å². The van der Waals surface area contributed by atoms with E-state index in [0.29, 0.717) is 6.61 Å². The van der Waals surface area contributed by atoms with Gasteiger partial charge in [0, 0.05) is 0 Å². The smallest absolute Gasteiger partial charge is 0.452 e. The summed E-state index contributed by atoms with van der Waals surface area (Å²) in [4.78, 5) is 22.2. The lowest BCUT2D eigenvalue weighted by atomic mass is 10.2. The van der Waals surface area contributed by atoms with Crippen LogP contribution in [-0.4, -0.2) is 27.1 Å². The Bertz CT molecular complexity index is 300. The lowest BCUT2D eigenvalue weighted by Crippen LogP contribution is -2.27. The van der Waals surface area contributed by atoms with E-state index in [9.17, 15) is 9.59 Å². The van der Waals surface area contributed by atoms with Gasteiger partial charge >= 0.3 is 12.2 Å². The molecule has 0 aliphatic carbocycles. The van der Waals surface area contributed by atoms with E-state index in [4.69, 9.17) is 9.16 Å². The van der Waals surface area contributed by atoms with Crippen molar-refractivity contribution in [2.45, 2.75) is 52.2 Å². The zero-order valence-electron chi connectivity index (χ0n) is 11.6. The van der Waals surface area contributed by atoms with Gasteiger partial charge in [-0.2, -0.15) is 0 Å². The maximum absolute atomic E-state index is 11.1. The molecule has 0 unspecified atom stereocenters. The minimum atomic E-state index is -1.99. The fourth-order valence-electron chi connectivity index (χ4n) is 1.08. The van der Waals surface area contributed by atoms with Gasteiger partial charge in [0.15, 0.2) is 0 Å². The number of hydrogen-bond donors (Lipinski definition) is 0. The van der Waals surface area contributed by atoms with Gasteiger partial charge in [-0.15, -0.1) is 0 Å². The molecule has 0 aliphatic rings. The van der Waals surface area contributed by atoms with E-state index < -0.39 is 20.5 Å². The molecular weight excluding hydrogens is 252 g/mol. The summed E-state index contributed by atoms with van der Waals surface area (Å²) in [6.07, 6.45) is 2.36. The lowest BCUT2D eigenvalue weighted by molar-refractivity contribution is 0.151. The van der Waals surface area contributed by atoms with E-state index >= 15 is 0 Å². The molecule has 0 heterocycles. The second-order valence-electron chi connectivity index (χ2n) is 4.86. The first-order chi connectivity index (χ1) is 8.35. The van der Waals surface area contributed by atoms with Gasteiger partial charge in [-0.25, -0.2) is 9.59 Å². The van der Waals surface area contributed by atoms with Crippen LogP contribution in [0, 0.1) is 0 Å². The van der Waals surface area contributed by atoms with Crippen LogP contribution in [-0.2, 0) is 9.16 Å². The SMILES string of the molecule is CCCCCCOC(=O)N=NC(=O)O[Si](C)(C)C. The minimum Gasteiger partial charge on any atom is -0.502 e. The van der Waals surface area contributed by atoms with Crippen molar-refractivity contribution in [3.8, 4) is 0 Å². The van der Waals surface area contributed by atoms with E-state index in [1.807, 2.05) is 19.6 Å². The average molecular weight is 274 g/mol. The third-order valence-corrected chi connectivity index (χ3v) is 2.62. The normalized spacial score (nSPS) is 11.6. The molecule has 0 aromatic carbocycles. The van der Waals surface area contributed by atoms with Crippen molar-refractivity contribution in [1.29, 1.82) is 0 Å². The highest BCUT2D eigenvalue weighted by atomic mass is 28.4. The first kappa shape index (κ1) is 16.8. The lowest BCUT2D eigenvalue weighted by Gasteiger charge is -2.13. The summed E-state index contributed by atoms with van der Waals surface area (Å²) in [5.74, 6) is 0. The number of azo groups is 1. The van der Waals surface area contributed by atoms with Gasteiger partial charge in [0.1, 0.15) is 0 Å². The van der Waals surface area contributed by atoms with E-state index in [1.54, 1.807) is 0 Å². The molecule has 0 aromatic rings. The van der Waals surface area contributed by atoms with Crippen LogP contribution in [0.5, 0.6) is 0 Å². The highest BCUT2D eigenvalue weighted by molar-refractivity contribution is 6.71. The Balaban J connectivity index is 3.77. The minimum absolute atomic E-state index is 0.306. The molecule has 0 bridgehead atoms. The summed E-state index contributed by atoms with van der Waals surface area (Å²) in [7, 11) is -1.99. The van der Waals surface area contributed by atoms with Crippen LogP contribution in [0.4, 0.5) is 9.59 Å². The van der Waals surface area contributed by atoms with E-state index in [2.05, 4.69) is 17.2 Å². The zero-order valence-corrected chi connectivity index (χ0v) is 12.6. The van der Waals surface area contributed by atoms with Gasteiger partial charge in [0.2, 0.25) is 8.32 Å². The highest BCUT2D eigenvalue weighted by Gasteiger charge is 2.19. The van der Waals surface area contributed by atoms with Gasteiger partial charge in [-0.05, 0) is 26.1 Å². The molecule has 2 amide bonds. The summed E-state index contributed by atoms with van der Waals surface area (Å²) in [5, 5.41) is 6.29. The molecule has 18 heavy (non-hydrogen) atoms. The van der Waals surface area contributed by atoms with Gasteiger partial charge in [-0.3, -0.25) is 0 Å². The quantitative estimate of drug-likeness (QED) is 0.414. The summed E-state index contributed by atoms with van der Waals surface area (Å²) < 4.78 is 9.75. The first-order valence-corrected chi connectivity index (χ1v) is 9.57.